The Hall–Kier alpha value is -3.35. The monoisotopic (exact) mass is 448 g/mol. The van der Waals surface area contributed by atoms with Crippen molar-refractivity contribution >= 4 is 52.2 Å². The van der Waals surface area contributed by atoms with E-state index in [-0.39, 0.29) is 11.5 Å². The lowest BCUT2D eigenvalue weighted by Crippen LogP contribution is -2.23. The van der Waals surface area contributed by atoms with Crippen molar-refractivity contribution in [1.29, 1.82) is 0 Å². The largest absolute Gasteiger partial charge is 0.478 e. The van der Waals surface area contributed by atoms with E-state index in [1.165, 1.54) is 28.8 Å². The number of carbonyl (C=O) groups excluding carboxylic acids is 1. The van der Waals surface area contributed by atoms with Crippen molar-refractivity contribution in [2.75, 3.05) is 7.05 Å². The molecule has 0 unspecified atom stereocenters. The fourth-order valence-electron chi connectivity index (χ4n) is 3.04. The van der Waals surface area contributed by atoms with Gasteiger partial charge in [-0.05, 0) is 77.0 Å². The van der Waals surface area contributed by atoms with Crippen LogP contribution in [0.5, 0.6) is 0 Å². The highest BCUT2D eigenvalue weighted by Crippen LogP contribution is 2.34. The third kappa shape index (κ3) is 4.71. The number of carboxylic acids is 1. The van der Waals surface area contributed by atoms with Crippen LogP contribution in [0.3, 0.4) is 0 Å². The van der Waals surface area contributed by atoms with Crippen LogP contribution in [0.1, 0.15) is 15.9 Å². The molecule has 154 valence electrons. The molecule has 5 nitrogen and oxygen atoms in total. The van der Waals surface area contributed by atoms with Gasteiger partial charge < -0.3 is 5.11 Å². The highest BCUT2D eigenvalue weighted by atomic mass is 35.5. The molecule has 7 heteroatoms. The molecule has 1 heterocycles. The molecule has 4 rings (SSSR count). The van der Waals surface area contributed by atoms with Gasteiger partial charge in [0.1, 0.15) is 0 Å². The van der Waals surface area contributed by atoms with Crippen LogP contribution in [0.15, 0.2) is 82.7 Å². The maximum atomic E-state index is 12.7. The molecule has 31 heavy (non-hydrogen) atoms. The molecule has 1 saturated heterocycles. The average Bonchev–Trinajstić information content (AvgIpc) is 3.02. The van der Waals surface area contributed by atoms with Crippen LogP contribution in [0, 0.1) is 0 Å². The maximum absolute atomic E-state index is 12.7. The summed E-state index contributed by atoms with van der Waals surface area (Å²) in [7, 11) is 1.67. The Balaban J connectivity index is 1.59. The topological polar surface area (TPSA) is 70.0 Å². The van der Waals surface area contributed by atoms with Crippen LogP contribution < -0.4 is 0 Å². The summed E-state index contributed by atoms with van der Waals surface area (Å²) in [5.41, 5.74) is 3.75. The highest BCUT2D eigenvalue weighted by molar-refractivity contribution is 8.18. The minimum absolute atomic E-state index is 0.136. The van der Waals surface area contributed by atoms with E-state index in [4.69, 9.17) is 16.7 Å². The Labute approximate surface area is 188 Å². The molecule has 1 aliphatic heterocycles. The summed E-state index contributed by atoms with van der Waals surface area (Å²) in [6.45, 7) is 0. The van der Waals surface area contributed by atoms with Gasteiger partial charge in [0.05, 0.1) is 16.2 Å². The van der Waals surface area contributed by atoms with Crippen LogP contribution in [-0.4, -0.2) is 34.1 Å². The minimum atomic E-state index is -0.993. The van der Waals surface area contributed by atoms with Crippen LogP contribution in [0.25, 0.3) is 17.2 Å². The molecule has 0 atom stereocenters. The number of amidine groups is 1. The third-order valence-electron chi connectivity index (χ3n) is 4.70. The SMILES string of the molecule is CN1C(=O)C(=Cc2cccc(-c3ccc(Cl)cc3)c2)SC1=Nc1ccc(C(=O)O)cc1. The van der Waals surface area contributed by atoms with Crippen LogP contribution in [-0.2, 0) is 4.79 Å². The Morgan fingerprint density at radius 2 is 1.74 bits per heavy atom. The van der Waals surface area contributed by atoms with Gasteiger partial charge in [-0.2, -0.15) is 0 Å². The quantitative estimate of drug-likeness (QED) is 0.501. The van der Waals surface area contributed by atoms with Crippen molar-refractivity contribution in [3.05, 3.63) is 93.9 Å². The molecule has 0 aromatic heterocycles. The molecule has 0 saturated carbocycles. The summed E-state index contributed by atoms with van der Waals surface area (Å²) in [6, 6.07) is 21.7. The van der Waals surface area contributed by atoms with Gasteiger partial charge in [-0.15, -0.1) is 0 Å². The van der Waals surface area contributed by atoms with E-state index in [1.54, 1.807) is 19.2 Å². The number of nitrogens with zero attached hydrogens (tertiary/aromatic N) is 2. The van der Waals surface area contributed by atoms with Crippen molar-refractivity contribution in [1.82, 2.24) is 4.90 Å². The molecule has 3 aromatic rings. The van der Waals surface area contributed by atoms with Crippen molar-refractivity contribution in [2.45, 2.75) is 0 Å². The fourth-order valence-corrected chi connectivity index (χ4v) is 4.16. The summed E-state index contributed by atoms with van der Waals surface area (Å²) in [4.78, 5) is 30.3. The first-order valence-corrected chi connectivity index (χ1v) is 10.6. The average molecular weight is 449 g/mol. The molecular formula is C24H17ClN2O3S. The van der Waals surface area contributed by atoms with Crippen molar-refractivity contribution < 1.29 is 14.7 Å². The van der Waals surface area contributed by atoms with Gasteiger partial charge in [-0.25, -0.2) is 9.79 Å². The lowest BCUT2D eigenvalue weighted by Gasteiger charge is -2.07. The zero-order chi connectivity index (χ0) is 22.0. The number of thioether (sulfide) groups is 1. The van der Waals surface area contributed by atoms with E-state index >= 15 is 0 Å². The van der Waals surface area contributed by atoms with Gasteiger partial charge in [0, 0.05) is 12.1 Å². The predicted molar refractivity (Wildman–Crippen MR) is 126 cm³/mol. The highest BCUT2D eigenvalue weighted by Gasteiger charge is 2.30. The fraction of sp³-hybridized carbons (Fsp3) is 0.0417. The second-order valence-corrected chi connectivity index (χ2v) is 8.30. The zero-order valence-electron chi connectivity index (χ0n) is 16.4. The number of hydrogen-bond acceptors (Lipinski definition) is 4. The Bertz CT molecular complexity index is 1220. The van der Waals surface area contributed by atoms with Gasteiger partial charge >= 0.3 is 5.97 Å². The lowest BCUT2D eigenvalue weighted by atomic mass is 10.0. The standard InChI is InChI=1S/C24H17ClN2O3S/c1-27-22(28)21(31-24(27)26-20-11-7-17(8-12-20)23(29)30)14-15-3-2-4-18(13-15)16-5-9-19(25)10-6-16/h2-14H,1H3,(H,29,30). The summed E-state index contributed by atoms with van der Waals surface area (Å²) < 4.78 is 0. The molecule has 1 N–H and O–H groups in total. The molecule has 1 amide bonds. The van der Waals surface area contributed by atoms with Gasteiger partial charge in [-0.3, -0.25) is 9.69 Å². The first-order valence-electron chi connectivity index (χ1n) is 9.36. The third-order valence-corrected chi connectivity index (χ3v) is 6.02. The Morgan fingerprint density at radius 3 is 2.42 bits per heavy atom. The van der Waals surface area contributed by atoms with Crippen molar-refractivity contribution in [2.24, 2.45) is 4.99 Å². The summed E-state index contributed by atoms with van der Waals surface area (Å²) in [5.74, 6) is -1.13. The second kappa shape index (κ2) is 8.79. The molecular weight excluding hydrogens is 432 g/mol. The number of aromatic carboxylic acids is 1. The molecule has 1 fully saturated rings. The maximum Gasteiger partial charge on any atom is 0.335 e. The number of likely N-dealkylation sites (N-methyl/N-ethyl adjacent to an activating group) is 1. The van der Waals surface area contributed by atoms with Gasteiger partial charge in [0.15, 0.2) is 5.17 Å². The number of rotatable bonds is 4. The Morgan fingerprint density at radius 1 is 1.03 bits per heavy atom. The van der Waals surface area contributed by atoms with E-state index in [1.807, 2.05) is 54.6 Å². The molecule has 0 spiro atoms. The number of amides is 1. The smallest absolute Gasteiger partial charge is 0.335 e. The predicted octanol–water partition coefficient (Wildman–Crippen LogP) is 5.94. The first-order chi connectivity index (χ1) is 14.9. The number of carbonyl (C=O) groups is 2. The molecule has 3 aromatic carbocycles. The normalized spacial score (nSPS) is 16.3. The van der Waals surface area contributed by atoms with Crippen molar-refractivity contribution in [3.63, 3.8) is 0 Å². The van der Waals surface area contributed by atoms with E-state index in [2.05, 4.69) is 4.99 Å². The van der Waals surface area contributed by atoms with E-state index < -0.39 is 5.97 Å². The zero-order valence-corrected chi connectivity index (χ0v) is 18.0. The second-order valence-electron chi connectivity index (χ2n) is 6.85. The van der Waals surface area contributed by atoms with Gasteiger partial charge in [-0.1, -0.05) is 41.9 Å². The van der Waals surface area contributed by atoms with E-state index in [0.29, 0.717) is 20.8 Å². The van der Waals surface area contributed by atoms with Crippen LogP contribution in [0.2, 0.25) is 5.02 Å². The van der Waals surface area contributed by atoms with Gasteiger partial charge in [0.25, 0.3) is 5.91 Å². The van der Waals surface area contributed by atoms with Gasteiger partial charge in [0.2, 0.25) is 0 Å². The molecule has 0 aliphatic carbocycles. The summed E-state index contributed by atoms with van der Waals surface area (Å²) in [6.07, 6.45) is 1.85. The molecule has 0 bridgehead atoms. The minimum Gasteiger partial charge on any atom is -0.478 e. The van der Waals surface area contributed by atoms with Crippen LogP contribution in [0.4, 0.5) is 5.69 Å². The summed E-state index contributed by atoms with van der Waals surface area (Å²) >= 11 is 7.26. The molecule has 0 radical (unpaired) electrons. The number of carboxylic acid groups (broad SMARTS) is 1. The summed E-state index contributed by atoms with van der Waals surface area (Å²) in [5, 5.41) is 10.2. The van der Waals surface area contributed by atoms with E-state index in [9.17, 15) is 9.59 Å². The number of aliphatic imine (C=N–C) groups is 1. The Kier molecular flexibility index (Phi) is 5.93. The number of benzene rings is 3. The lowest BCUT2D eigenvalue weighted by molar-refractivity contribution is -0.121. The van der Waals surface area contributed by atoms with Crippen molar-refractivity contribution in [3.8, 4) is 11.1 Å². The first kappa shape index (κ1) is 20.9. The number of hydrogen-bond donors (Lipinski definition) is 1. The molecule has 1 aliphatic rings. The van der Waals surface area contributed by atoms with E-state index in [0.717, 1.165) is 16.7 Å². The number of halogens is 1. The van der Waals surface area contributed by atoms with Crippen LogP contribution >= 0.6 is 23.4 Å².